The van der Waals surface area contributed by atoms with Gasteiger partial charge in [-0.3, -0.25) is 0 Å². The van der Waals surface area contributed by atoms with Crippen LogP contribution in [0.5, 0.6) is 0 Å². The first-order chi connectivity index (χ1) is 7.90. The molecule has 0 radical (unpaired) electrons. The maximum absolute atomic E-state index is 5.69. The quantitative estimate of drug-likeness (QED) is 0.665. The number of hydrogen-bond acceptors (Lipinski definition) is 1. The lowest BCUT2D eigenvalue weighted by Crippen LogP contribution is -2.41. The van der Waals surface area contributed by atoms with Gasteiger partial charge in [-0.1, -0.05) is 12.1 Å². The summed E-state index contributed by atoms with van der Waals surface area (Å²) >= 11 is 0. The topological polar surface area (TPSA) is 29.9 Å². The molecule has 0 saturated heterocycles. The minimum Gasteiger partial charge on any atom is -0.404 e. The van der Waals surface area contributed by atoms with Crippen molar-refractivity contribution in [1.82, 2.24) is 0 Å². The number of nitrogens with zero attached hydrogens (tertiary/aromatic N) is 1. The predicted molar refractivity (Wildman–Crippen MR) is 65.5 cm³/mol. The van der Waals surface area contributed by atoms with E-state index in [4.69, 9.17) is 5.73 Å². The van der Waals surface area contributed by atoms with E-state index in [1.165, 1.54) is 28.6 Å². The molecular formula is C14H15N2+. The number of allylic oxidation sites excluding steroid dienone is 1. The van der Waals surface area contributed by atoms with Crippen molar-refractivity contribution in [2.24, 2.45) is 5.73 Å². The first-order valence-electron chi connectivity index (χ1n) is 5.73. The maximum Gasteiger partial charge on any atom is 0.212 e. The average Bonchev–Trinajstić information content (AvgIpc) is 2.37. The van der Waals surface area contributed by atoms with Crippen molar-refractivity contribution in [1.29, 1.82) is 0 Å². The number of rotatable bonds is 0. The number of hydrogen-bond donors (Lipinski definition) is 1. The Kier molecular flexibility index (Phi) is 2.13. The number of nitrogens with two attached hydrogens (primary N) is 1. The van der Waals surface area contributed by atoms with Crippen LogP contribution in [-0.2, 0) is 6.54 Å². The molecule has 0 aliphatic carbocycles. The first kappa shape index (κ1) is 9.40. The Hall–Kier alpha value is -1.83. The summed E-state index contributed by atoms with van der Waals surface area (Å²) in [5.74, 6) is 0. The van der Waals surface area contributed by atoms with Crippen LogP contribution < -0.4 is 10.3 Å². The van der Waals surface area contributed by atoms with Crippen LogP contribution >= 0.6 is 0 Å². The molecule has 0 bridgehead atoms. The standard InChI is InChI=1S/C14H14N2/c15-10-12-5-3-9-16-13-6-2-1-4-11(13)7-8-14(12)16/h1-2,4,6-8,10,15H,3,5,9H2/p+1. The molecule has 0 saturated carbocycles. The fourth-order valence-electron chi connectivity index (χ4n) is 2.51. The van der Waals surface area contributed by atoms with E-state index >= 15 is 0 Å². The normalized spacial score (nSPS) is 17.6. The molecule has 1 aromatic carbocycles. The smallest absolute Gasteiger partial charge is 0.212 e. The highest BCUT2D eigenvalue weighted by Crippen LogP contribution is 2.23. The zero-order chi connectivity index (χ0) is 11.0. The molecule has 16 heavy (non-hydrogen) atoms. The van der Waals surface area contributed by atoms with Crippen molar-refractivity contribution in [3.8, 4) is 0 Å². The van der Waals surface area contributed by atoms with E-state index in [1.807, 2.05) is 0 Å². The fourth-order valence-corrected chi connectivity index (χ4v) is 2.51. The summed E-state index contributed by atoms with van der Waals surface area (Å²) in [6.45, 7) is 1.09. The van der Waals surface area contributed by atoms with Crippen molar-refractivity contribution < 1.29 is 4.57 Å². The van der Waals surface area contributed by atoms with Crippen molar-refractivity contribution in [3.05, 3.63) is 48.3 Å². The Morgan fingerprint density at radius 3 is 2.88 bits per heavy atom. The molecule has 2 heterocycles. The van der Waals surface area contributed by atoms with Crippen molar-refractivity contribution in [2.45, 2.75) is 19.4 Å². The first-order valence-corrected chi connectivity index (χ1v) is 5.73. The van der Waals surface area contributed by atoms with Gasteiger partial charge in [0.2, 0.25) is 11.2 Å². The summed E-state index contributed by atoms with van der Waals surface area (Å²) in [6.07, 6.45) is 4.02. The van der Waals surface area contributed by atoms with Gasteiger partial charge in [0, 0.05) is 35.7 Å². The van der Waals surface area contributed by atoms with Crippen molar-refractivity contribution in [3.63, 3.8) is 0 Å². The van der Waals surface area contributed by atoms with Crippen LogP contribution in [0.1, 0.15) is 18.5 Å². The Morgan fingerprint density at radius 1 is 1.12 bits per heavy atom. The summed E-state index contributed by atoms with van der Waals surface area (Å²) in [6, 6.07) is 12.9. The van der Waals surface area contributed by atoms with Crippen LogP contribution in [0, 0.1) is 0 Å². The molecule has 0 fully saturated rings. The summed E-state index contributed by atoms with van der Waals surface area (Å²) in [5.41, 5.74) is 9.52. The molecule has 2 aromatic rings. The zero-order valence-electron chi connectivity index (χ0n) is 9.19. The van der Waals surface area contributed by atoms with Crippen LogP contribution in [-0.4, -0.2) is 0 Å². The van der Waals surface area contributed by atoms with Gasteiger partial charge in [0.15, 0.2) is 0 Å². The molecule has 2 N–H and O–H groups in total. The molecule has 2 heteroatoms. The van der Waals surface area contributed by atoms with Gasteiger partial charge in [0.05, 0.1) is 0 Å². The van der Waals surface area contributed by atoms with E-state index in [2.05, 4.69) is 41.0 Å². The highest BCUT2D eigenvalue weighted by Gasteiger charge is 2.22. The van der Waals surface area contributed by atoms with Gasteiger partial charge in [-0.25, -0.2) is 0 Å². The van der Waals surface area contributed by atoms with Crippen molar-refractivity contribution >= 4 is 16.5 Å². The molecule has 1 aliphatic rings. The molecule has 0 unspecified atom stereocenters. The number of aromatic nitrogens is 1. The highest BCUT2D eigenvalue weighted by atomic mass is 15.0. The van der Waals surface area contributed by atoms with Crippen LogP contribution in [0.25, 0.3) is 16.5 Å². The number of benzene rings is 1. The second-order valence-electron chi connectivity index (χ2n) is 4.22. The summed E-state index contributed by atoms with van der Waals surface area (Å²) in [7, 11) is 0. The number of para-hydroxylation sites is 1. The van der Waals surface area contributed by atoms with Gasteiger partial charge in [0.25, 0.3) is 0 Å². The van der Waals surface area contributed by atoms with Gasteiger partial charge < -0.3 is 5.73 Å². The molecule has 2 nitrogen and oxygen atoms in total. The number of pyridine rings is 1. The average molecular weight is 211 g/mol. The molecule has 1 aromatic heterocycles. The van der Waals surface area contributed by atoms with E-state index in [1.54, 1.807) is 6.20 Å². The Labute approximate surface area is 95.0 Å². The minimum absolute atomic E-state index is 1.09. The van der Waals surface area contributed by atoms with E-state index in [9.17, 15) is 0 Å². The monoisotopic (exact) mass is 211 g/mol. The highest BCUT2D eigenvalue weighted by molar-refractivity contribution is 5.77. The summed E-state index contributed by atoms with van der Waals surface area (Å²) < 4.78 is 2.37. The Bertz CT molecular complexity index is 570. The van der Waals surface area contributed by atoms with E-state index < -0.39 is 0 Å². The molecule has 80 valence electrons. The third-order valence-electron chi connectivity index (χ3n) is 3.30. The van der Waals surface area contributed by atoms with Crippen molar-refractivity contribution in [2.75, 3.05) is 0 Å². The van der Waals surface area contributed by atoms with Gasteiger partial charge >= 0.3 is 0 Å². The second-order valence-corrected chi connectivity index (χ2v) is 4.22. The lowest BCUT2D eigenvalue weighted by Gasteiger charge is -2.14. The molecule has 0 atom stereocenters. The molecular weight excluding hydrogens is 196 g/mol. The van der Waals surface area contributed by atoms with Crippen LogP contribution in [0.3, 0.4) is 0 Å². The van der Waals surface area contributed by atoms with Crippen LogP contribution in [0.15, 0.2) is 42.6 Å². The fraction of sp³-hybridized carbons (Fsp3) is 0.214. The van der Waals surface area contributed by atoms with Gasteiger partial charge in [-0.2, -0.15) is 4.57 Å². The summed E-state index contributed by atoms with van der Waals surface area (Å²) in [5, 5.41) is 1.30. The molecule has 3 rings (SSSR count). The van der Waals surface area contributed by atoms with E-state index in [0.717, 1.165) is 13.0 Å². The third kappa shape index (κ3) is 1.30. The molecule has 1 aliphatic heterocycles. The van der Waals surface area contributed by atoms with E-state index in [0.29, 0.717) is 0 Å². The number of aryl methyl sites for hydroxylation is 1. The molecule has 0 amide bonds. The molecule has 0 spiro atoms. The summed E-state index contributed by atoms with van der Waals surface area (Å²) in [4.78, 5) is 0. The Balaban J connectivity index is 2.34. The third-order valence-corrected chi connectivity index (χ3v) is 3.30. The number of fused-ring (bicyclic) bond motifs is 3. The SMILES string of the molecule is N/C=C1\CCC[n+]2c1ccc1ccccc12. The Morgan fingerprint density at radius 2 is 2.00 bits per heavy atom. The zero-order valence-corrected chi connectivity index (χ0v) is 9.19. The predicted octanol–water partition coefficient (Wildman–Crippen LogP) is 2.22. The van der Waals surface area contributed by atoms with Gasteiger partial charge in [-0.15, -0.1) is 0 Å². The minimum atomic E-state index is 1.09. The lowest BCUT2D eigenvalue weighted by atomic mass is 10.0. The second kappa shape index (κ2) is 3.63. The van der Waals surface area contributed by atoms with Crippen LogP contribution in [0.2, 0.25) is 0 Å². The van der Waals surface area contributed by atoms with Gasteiger partial charge in [0.1, 0.15) is 6.54 Å². The van der Waals surface area contributed by atoms with Gasteiger partial charge in [-0.05, 0) is 18.6 Å². The largest absolute Gasteiger partial charge is 0.404 e. The maximum atomic E-state index is 5.69. The van der Waals surface area contributed by atoms with Crippen LogP contribution in [0.4, 0.5) is 0 Å². The lowest BCUT2D eigenvalue weighted by molar-refractivity contribution is -0.677. The van der Waals surface area contributed by atoms with E-state index in [-0.39, 0.29) is 0 Å².